The second-order valence-corrected chi connectivity index (χ2v) is 7.64. The van der Waals surface area contributed by atoms with Crippen LogP contribution in [0.2, 0.25) is 0 Å². The highest BCUT2D eigenvalue weighted by atomic mass is 32.2. The predicted molar refractivity (Wildman–Crippen MR) is 125 cm³/mol. The standard InChI is InChI=1S/C25H22N2O2S/c1-19-10-14-22(15-11-19)26-24(28)17-30-18-25(29)27-23-9-5-8-21(16-23)13-12-20-6-3-2-4-7-20/h2-11,14-16H,17-18H2,1H3,(H,26,28)(H,27,29). The molecule has 30 heavy (non-hydrogen) atoms. The van der Waals surface area contributed by atoms with Gasteiger partial charge in [0, 0.05) is 22.5 Å². The van der Waals surface area contributed by atoms with E-state index in [-0.39, 0.29) is 23.3 Å². The molecular formula is C25H22N2O2S. The Balaban J connectivity index is 1.45. The summed E-state index contributed by atoms with van der Waals surface area (Å²) in [4.78, 5) is 24.2. The van der Waals surface area contributed by atoms with Gasteiger partial charge < -0.3 is 10.6 Å². The van der Waals surface area contributed by atoms with Gasteiger partial charge in [0.2, 0.25) is 11.8 Å². The van der Waals surface area contributed by atoms with Crippen molar-refractivity contribution < 1.29 is 9.59 Å². The van der Waals surface area contributed by atoms with Crippen LogP contribution in [0.3, 0.4) is 0 Å². The van der Waals surface area contributed by atoms with Crippen LogP contribution in [-0.4, -0.2) is 23.3 Å². The Morgan fingerprint density at radius 2 is 1.33 bits per heavy atom. The molecule has 3 aromatic carbocycles. The van der Waals surface area contributed by atoms with Gasteiger partial charge in [0.15, 0.2) is 0 Å². The molecule has 5 heteroatoms. The first kappa shape index (κ1) is 21.2. The van der Waals surface area contributed by atoms with E-state index in [2.05, 4.69) is 22.5 Å². The van der Waals surface area contributed by atoms with E-state index < -0.39 is 0 Å². The van der Waals surface area contributed by atoms with Crippen LogP contribution in [0, 0.1) is 18.8 Å². The summed E-state index contributed by atoms with van der Waals surface area (Å²) < 4.78 is 0. The lowest BCUT2D eigenvalue weighted by Crippen LogP contribution is -2.18. The van der Waals surface area contributed by atoms with Crippen molar-refractivity contribution in [2.75, 3.05) is 22.1 Å². The van der Waals surface area contributed by atoms with E-state index in [9.17, 15) is 9.59 Å². The smallest absolute Gasteiger partial charge is 0.234 e. The van der Waals surface area contributed by atoms with Crippen molar-refractivity contribution in [2.45, 2.75) is 6.92 Å². The Kier molecular flexibility index (Phi) is 7.71. The molecule has 3 rings (SSSR count). The number of carbonyl (C=O) groups excluding carboxylic acids is 2. The maximum atomic E-state index is 12.2. The molecule has 2 N–H and O–H groups in total. The minimum Gasteiger partial charge on any atom is -0.325 e. The molecule has 0 aliphatic heterocycles. The lowest BCUT2D eigenvalue weighted by Gasteiger charge is -2.07. The van der Waals surface area contributed by atoms with Crippen molar-refractivity contribution in [1.29, 1.82) is 0 Å². The molecular weight excluding hydrogens is 392 g/mol. The fourth-order valence-electron chi connectivity index (χ4n) is 2.61. The highest BCUT2D eigenvalue weighted by Gasteiger charge is 2.07. The molecule has 0 aliphatic carbocycles. The first-order chi connectivity index (χ1) is 14.6. The fraction of sp³-hybridized carbons (Fsp3) is 0.120. The van der Waals surface area contributed by atoms with Crippen molar-refractivity contribution in [3.8, 4) is 11.8 Å². The number of amides is 2. The van der Waals surface area contributed by atoms with Crippen molar-refractivity contribution in [2.24, 2.45) is 0 Å². The summed E-state index contributed by atoms with van der Waals surface area (Å²) in [5.74, 6) is 6.32. The number of hydrogen-bond acceptors (Lipinski definition) is 3. The maximum Gasteiger partial charge on any atom is 0.234 e. The summed E-state index contributed by atoms with van der Waals surface area (Å²) in [6.45, 7) is 1.99. The average Bonchev–Trinajstić information content (AvgIpc) is 2.75. The van der Waals surface area contributed by atoms with Gasteiger partial charge in [-0.3, -0.25) is 9.59 Å². The van der Waals surface area contributed by atoms with E-state index in [0.717, 1.165) is 22.4 Å². The number of benzene rings is 3. The van der Waals surface area contributed by atoms with Crippen molar-refractivity contribution >= 4 is 35.0 Å². The molecule has 0 aromatic heterocycles. The third-order valence-corrected chi connectivity index (χ3v) is 5.01. The Bertz CT molecular complexity index is 1070. The molecule has 150 valence electrons. The predicted octanol–water partition coefficient (Wildman–Crippen LogP) is 4.71. The van der Waals surface area contributed by atoms with Crippen LogP contribution in [0.5, 0.6) is 0 Å². The zero-order valence-corrected chi connectivity index (χ0v) is 17.5. The summed E-state index contributed by atoms with van der Waals surface area (Å²) in [6, 6.07) is 24.7. The summed E-state index contributed by atoms with van der Waals surface area (Å²) in [5, 5.41) is 5.67. The van der Waals surface area contributed by atoms with Crippen molar-refractivity contribution in [1.82, 2.24) is 0 Å². The molecule has 3 aromatic rings. The number of nitrogens with one attached hydrogen (secondary N) is 2. The number of carbonyl (C=O) groups is 2. The minimum absolute atomic E-state index is 0.130. The van der Waals surface area contributed by atoms with Crippen LogP contribution in [-0.2, 0) is 9.59 Å². The second kappa shape index (κ2) is 10.9. The van der Waals surface area contributed by atoms with E-state index in [1.807, 2.05) is 85.8 Å². The molecule has 0 bridgehead atoms. The van der Waals surface area contributed by atoms with E-state index in [1.54, 1.807) is 0 Å². The third kappa shape index (κ3) is 7.16. The van der Waals surface area contributed by atoms with Gasteiger partial charge in [0.05, 0.1) is 11.5 Å². The Morgan fingerprint density at radius 1 is 0.733 bits per heavy atom. The minimum atomic E-state index is -0.156. The van der Waals surface area contributed by atoms with Gasteiger partial charge in [-0.2, -0.15) is 0 Å². The van der Waals surface area contributed by atoms with Crippen LogP contribution < -0.4 is 10.6 Å². The number of rotatable bonds is 6. The van der Waals surface area contributed by atoms with E-state index in [4.69, 9.17) is 0 Å². The molecule has 4 nitrogen and oxygen atoms in total. The lowest BCUT2D eigenvalue weighted by molar-refractivity contribution is -0.114. The van der Waals surface area contributed by atoms with Crippen LogP contribution in [0.25, 0.3) is 0 Å². The Hall–Kier alpha value is -3.49. The average molecular weight is 415 g/mol. The molecule has 0 spiro atoms. The first-order valence-electron chi connectivity index (χ1n) is 9.50. The van der Waals surface area contributed by atoms with E-state index in [0.29, 0.717) is 5.69 Å². The largest absolute Gasteiger partial charge is 0.325 e. The van der Waals surface area contributed by atoms with Crippen LogP contribution in [0.4, 0.5) is 11.4 Å². The van der Waals surface area contributed by atoms with Gasteiger partial charge in [0.25, 0.3) is 0 Å². The molecule has 0 atom stereocenters. The molecule has 0 fully saturated rings. The lowest BCUT2D eigenvalue weighted by atomic mass is 10.1. The van der Waals surface area contributed by atoms with E-state index in [1.165, 1.54) is 11.8 Å². The van der Waals surface area contributed by atoms with Gasteiger partial charge >= 0.3 is 0 Å². The summed E-state index contributed by atoms with van der Waals surface area (Å²) in [5.41, 5.74) is 4.33. The van der Waals surface area contributed by atoms with Crippen LogP contribution in [0.15, 0.2) is 78.9 Å². The Morgan fingerprint density at radius 3 is 2.03 bits per heavy atom. The fourth-order valence-corrected chi connectivity index (χ4v) is 3.23. The quantitative estimate of drug-likeness (QED) is 0.575. The molecule has 0 saturated heterocycles. The van der Waals surface area contributed by atoms with Gasteiger partial charge in [-0.1, -0.05) is 53.8 Å². The highest BCUT2D eigenvalue weighted by molar-refractivity contribution is 8.00. The van der Waals surface area contributed by atoms with Crippen LogP contribution >= 0.6 is 11.8 Å². The monoisotopic (exact) mass is 414 g/mol. The molecule has 2 amide bonds. The van der Waals surface area contributed by atoms with Gasteiger partial charge in [-0.25, -0.2) is 0 Å². The molecule has 0 heterocycles. The molecule has 0 aliphatic rings. The zero-order valence-electron chi connectivity index (χ0n) is 16.6. The molecule has 0 saturated carbocycles. The van der Waals surface area contributed by atoms with E-state index >= 15 is 0 Å². The van der Waals surface area contributed by atoms with Gasteiger partial charge in [-0.05, 0) is 49.4 Å². The first-order valence-corrected chi connectivity index (χ1v) is 10.7. The normalized spacial score (nSPS) is 9.90. The van der Waals surface area contributed by atoms with Gasteiger partial charge in [0.1, 0.15) is 0 Å². The third-order valence-electron chi connectivity index (χ3n) is 4.07. The Labute approximate surface area is 181 Å². The van der Waals surface area contributed by atoms with Crippen molar-refractivity contribution in [3.63, 3.8) is 0 Å². The van der Waals surface area contributed by atoms with Gasteiger partial charge in [-0.15, -0.1) is 11.8 Å². The number of anilines is 2. The topological polar surface area (TPSA) is 58.2 Å². The van der Waals surface area contributed by atoms with Crippen molar-refractivity contribution in [3.05, 3.63) is 95.6 Å². The number of hydrogen-bond donors (Lipinski definition) is 2. The second-order valence-electron chi connectivity index (χ2n) is 6.65. The number of aryl methyl sites for hydroxylation is 1. The summed E-state index contributed by atoms with van der Waals surface area (Å²) >= 11 is 1.27. The summed E-state index contributed by atoms with van der Waals surface area (Å²) in [7, 11) is 0. The summed E-state index contributed by atoms with van der Waals surface area (Å²) in [6.07, 6.45) is 0. The maximum absolute atomic E-state index is 12.2. The molecule has 0 unspecified atom stereocenters. The zero-order chi connectivity index (χ0) is 21.2. The SMILES string of the molecule is Cc1ccc(NC(=O)CSCC(=O)Nc2cccc(C#Cc3ccccc3)c2)cc1. The molecule has 0 radical (unpaired) electrons. The number of thioether (sulfide) groups is 1. The highest BCUT2D eigenvalue weighted by Crippen LogP contribution is 2.12. The van der Waals surface area contributed by atoms with Crippen LogP contribution in [0.1, 0.15) is 16.7 Å².